The van der Waals surface area contributed by atoms with E-state index < -0.39 is 0 Å². The first-order chi connectivity index (χ1) is 12.7. The van der Waals surface area contributed by atoms with Crippen LogP contribution in [0, 0.1) is 0 Å². The average molecular weight is 392 g/mol. The van der Waals surface area contributed by atoms with Crippen LogP contribution in [-0.4, -0.2) is 39.5 Å². The Kier molecular flexibility index (Phi) is 7.44. The Morgan fingerprint density at radius 2 is 2.04 bits per heavy atom. The molecule has 2 rings (SSSR count). The zero-order chi connectivity index (χ0) is 20.0. The smallest absolute Gasteiger partial charge is 0.262 e. The molecule has 0 saturated carbocycles. The molecule has 1 aromatic heterocycles. The molecule has 0 spiro atoms. The Morgan fingerprint density at radius 3 is 2.70 bits per heavy atom. The van der Waals surface area contributed by atoms with E-state index in [4.69, 9.17) is 4.74 Å². The van der Waals surface area contributed by atoms with Gasteiger partial charge in [-0.05, 0) is 53.2 Å². The van der Waals surface area contributed by atoms with Crippen LogP contribution in [0.2, 0.25) is 0 Å². The van der Waals surface area contributed by atoms with E-state index in [0.717, 1.165) is 0 Å². The zero-order valence-corrected chi connectivity index (χ0v) is 17.6. The number of nitrogens with one attached hydrogen (secondary N) is 1. The Morgan fingerprint density at radius 1 is 1.33 bits per heavy atom. The van der Waals surface area contributed by atoms with Crippen molar-refractivity contribution in [3.8, 4) is 0 Å². The number of hydrogen-bond acceptors (Lipinski definition) is 5. The lowest BCUT2D eigenvalue weighted by molar-refractivity contribution is -0.121. The molecule has 0 aliphatic carbocycles. The van der Waals surface area contributed by atoms with E-state index in [2.05, 4.69) is 10.3 Å². The van der Waals surface area contributed by atoms with Crippen molar-refractivity contribution in [2.45, 2.75) is 63.5 Å². The number of nitrogens with zero attached hydrogens (tertiary/aromatic N) is 2. The summed E-state index contributed by atoms with van der Waals surface area (Å²) in [6.45, 7) is 11.3. The minimum Gasteiger partial charge on any atom is -0.382 e. The molecule has 1 amide bonds. The molecular formula is C20H29N3O3S. The Bertz CT molecular complexity index is 842. The van der Waals surface area contributed by atoms with Crippen molar-refractivity contribution in [3.05, 3.63) is 34.6 Å². The van der Waals surface area contributed by atoms with Crippen LogP contribution in [0.15, 0.2) is 34.2 Å². The van der Waals surface area contributed by atoms with Crippen LogP contribution < -0.4 is 10.9 Å². The van der Waals surface area contributed by atoms with Crippen LogP contribution in [0.25, 0.3) is 10.9 Å². The Labute approximate surface area is 164 Å². The van der Waals surface area contributed by atoms with Gasteiger partial charge in [-0.25, -0.2) is 4.98 Å². The van der Waals surface area contributed by atoms with Gasteiger partial charge < -0.3 is 10.1 Å². The van der Waals surface area contributed by atoms with E-state index in [-0.39, 0.29) is 22.3 Å². The molecule has 148 valence electrons. The number of hydrogen-bond donors (Lipinski definition) is 1. The molecule has 0 aliphatic heterocycles. The number of benzene rings is 1. The van der Waals surface area contributed by atoms with Crippen LogP contribution in [0.1, 0.15) is 41.0 Å². The molecule has 7 heteroatoms. The first-order valence-electron chi connectivity index (χ1n) is 9.29. The number of para-hydroxylation sites is 1. The van der Waals surface area contributed by atoms with Gasteiger partial charge in [0.15, 0.2) is 5.16 Å². The molecule has 0 aliphatic rings. The topological polar surface area (TPSA) is 73.2 Å². The van der Waals surface area contributed by atoms with Gasteiger partial charge in [-0.3, -0.25) is 14.2 Å². The van der Waals surface area contributed by atoms with Crippen molar-refractivity contribution in [1.29, 1.82) is 0 Å². The van der Waals surface area contributed by atoms with Crippen molar-refractivity contribution in [3.63, 3.8) is 0 Å². The van der Waals surface area contributed by atoms with E-state index in [1.165, 1.54) is 11.8 Å². The average Bonchev–Trinajstić information content (AvgIpc) is 2.59. The molecule has 1 aromatic carbocycles. The fourth-order valence-electron chi connectivity index (χ4n) is 2.59. The van der Waals surface area contributed by atoms with Gasteiger partial charge in [0, 0.05) is 25.3 Å². The normalized spacial score (nSPS) is 12.9. The summed E-state index contributed by atoms with van der Waals surface area (Å²) in [7, 11) is 0. The molecule has 1 N–H and O–H groups in total. The highest BCUT2D eigenvalue weighted by Gasteiger charge is 2.22. The van der Waals surface area contributed by atoms with Crippen LogP contribution >= 0.6 is 11.8 Å². The van der Waals surface area contributed by atoms with Crippen molar-refractivity contribution in [2.24, 2.45) is 0 Å². The number of carbonyl (C=O) groups excluding carboxylic acids is 1. The standard InChI is InChI=1S/C20H29N3O3S/c1-6-26-13-9-12-23-18(25)15-10-7-8-11-16(15)21-19(23)27-14(2)17(24)22-20(3,4)5/h7-8,10-11,14H,6,9,12-13H2,1-5H3,(H,22,24)/t14-/m1/s1. The fourth-order valence-corrected chi connectivity index (χ4v) is 3.52. The second-order valence-corrected chi connectivity index (χ2v) is 8.73. The summed E-state index contributed by atoms with van der Waals surface area (Å²) in [4.78, 5) is 30.1. The first kappa shape index (κ1) is 21.4. The number of fused-ring (bicyclic) bond motifs is 1. The maximum atomic E-state index is 13.0. The van der Waals surface area contributed by atoms with E-state index in [0.29, 0.717) is 42.2 Å². The second kappa shape index (κ2) is 9.37. The first-order valence-corrected chi connectivity index (χ1v) is 10.2. The molecule has 0 unspecified atom stereocenters. The van der Waals surface area contributed by atoms with Gasteiger partial charge in [0.2, 0.25) is 5.91 Å². The van der Waals surface area contributed by atoms with Crippen LogP contribution in [-0.2, 0) is 16.1 Å². The predicted octanol–water partition coefficient (Wildman–Crippen LogP) is 3.22. The molecule has 0 radical (unpaired) electrons. The van der Waals surface area contributed by atoms with Gasteiger partial charge in [0.1, 0.15) is 0 Å². The Balaban J connectivity index is 2.32. The van der Waals surface area contributed by atoms with E-state index >= 15 is 0 Å². The van der Waals surface area contributed by atoms with Gasteiger partial charge in [-0.15, -0.1) is 0 Å². The maximum absolute atomic E-state index is 13.0. The second-order valence-electron chi connectivity index (χ2n) is 7.42. The highest BCUT2D eigenvalue weighted by molar-refractivity contribution is 8.00. The summed E-state index contributed by atoms with van der Waals surface area (Å²) in [5.74, 6) is -0.0734. The number of thioether (sulfide) groups is 1. The number of ether oxygens (including phenoxy) is 1. The van der Waals surface area contributed by atoms with Crippen molar-refractivity contribution in [1.82, 2.24) is 14.9 Å². The van der Waals surface area contributed by atoms with Crippen molar-refractivity contribution < 1.29 is 9.53 Å². The predicted molar refractivity (Wildman–Crippen MR) is 110 cm³/mol. The van der Waals surface area contributed by atoms with Gasteiger partial charge in [-0.2, -0.15) is 0 Å². The molecule has 27 heavy (non-hydrogen) atoms. The summed E-state index contributed by atoms with van der Waals surface area (Å²) < 4.78 is 7.05. The van der Waals surface area contributed by atoms with E-state index in [9.17, 15) is 9.59 Å². The lowest BCUT2D eigenvalue weighted by Crippen LogP contribution is -2.44. The summed E-state index contributed by atoms with van der Waals surface area (Å²) in [6, 6.07) is 7.31. The van der Waals surface area contributed by atoms with Crippen molar-refractivity contribution >= 4 is 28.6 Å². The minimum atomic E-state index is -0.365. The molecule has 2 aromatic rings. The molecule has 0 fully saturated rings. The van der Waals surface area contributed by atoms with Gasteiger partial charge in [0.25, 0.3) is 5.56 Å². The number of aromatic nitrogens is 2. The molecular weight excluding hydrogens is 362 g/mol. The number of amides is 1. The molecule has 6 nitrogen and oxygen atoms in total. The molecule has 0 saturated heterocycles. The van der Waals surface area contributed by atoms with Crippen LogP contribution in [0.3, 0.4) is 0 Å². The summed E-state index contributed by atoms with van der Waals surface area (Å²) >= 11 is 1.31. The number of rotatable bonds is 8. The summed E-state index contributed by atoms with van der Waals surface area (Å²) in [5, 5.41) is 3.76. The molecule has 0 bridgehead atoms. The van der Waals surface area contributed by atoms with E-state index in [1.807, 2.05) is 52.8 Å². The lowest BCUT2D eigenvalue weighted by Gasteiger charge is -2.23. The van der Waals surface area contributed by atoms with E-state index in [1.54, 1.807) is 10.6 Å². The third-order valence-electron chi connectivity index (χ3n) is 3.85. The summed E-state index contributed by atoms with van der Waals surface area (Å²) in [6.07, 6.45) is 0.712. The molecule has 1 atom stereocenters. The quantitative estimate of drug-likeness (QED) is 0.425. The van der Waals surface area contributed by atoms with Gasteiger partial charge in [-0.1, -0.05) is 23.9 Å². The largest absolute Gasteiger partial charge is 0.382 e. The monoisotopic (exact) mass is 391 g/mol. The van der Waals surface area contributed by atoms with Gasteiger partial charge in [0.05, 0.1) is 16.2 Å². The van der Waals surface area contributed by atoms with Gasteiger partial charge >= 0.3 is 0 Å². The third-order valence-corrected chi connectivity index (χ3v) is 4.94. The highest BCUT2D eigenvalue weighted by atomic mass is 32.2. The maximum Gasteiger partial charge on any atom is 0.262 e. The SMILES string of the molecule is CCOCCCn1c(S[C@H](C)C(=O)NC(C)(C)C)nc2ccccc2c1=O. The summed E-state index contributed by atoms with van der Waals surface area (Å²) in [5.41, 5.74) is 0.261. The molecule has 1 heterocycles. The zero-order valence-electron chi connectivity index (χ0n) is 16.7. The third kappa shape index (κ3) is 6.07. The minimum absolute atomic E-state index is 0.0734. The Hall–Kier alpha value is -1.86. The fraction of sp³-hybridized carbons (Fsp3) is 0.550. The number of carbonyl (C=O) groups is 1. The highest BCUT2D eigenvalue weighted by Crippen LogP contribution is 2.23. The van der Waals surface area contributed by atoms with Crippen LogP contribution in [0.4, 0.5) is 0 Å². The lowest BCUT2D eigenvalue weighted by atomic mass is 10.1. The van der Waals surface area contributed by atoms with Crippen molar-refractivity contribution in [2.75, 3.05) is 13.2 Å². The van der Waals surface area contributed by atoms with Crippen LogP contribution in [0.5, 0.6) is 0 Å².